The molecule has 2 atom stereocenters. The molecule has 6 heteroatoms. The Morgan fingerprint density at radius 1 is 1.21 bits per heavy atom. The Hall–Kier alpha value is -2.60. The van der Waals surface area contributed by atoms with Gasteiger partial charge in [0, 0.05) is 36.8 Å². The van der Waals surface area contributed by atoms with Crippen LogP contribution in [-0.2, 0) is 11.8 Å². The van der Waals surface area contributed by atoms with Crippen molar-refractivity contribution in [3.8, 4) is 5.75 Å². The van der Waals surface area contributed by atoms with E-state index in [0.29, 0.717) is 0 Å². The number of nitrogens with one attached hydrogen (secondary N) is 1. The zero-order chi connectivity index (χ0) is 16.5. The lowest BCUT2D eigenvalue weighted by molar-refractivity contribution is 0.101. The van der Waals surface area contributed by atoms with Crippen LogP contribution < -0.4 is 10.1 Å². The highest BCUT2D eigenvalue weighted by molar-refractivity contribution is 5.95. The average Bonchev–Trinajstić information content (AvgIpc) is 3.23. The van der Waals surface area contributed by atoms with E-state index in [4.69, 9.17) is 9.47 Å². The molecule has 124 valence electrons. The van der Waals surface area contributed by atoms with E-state index in [-0.39, 0.29) is 12.1 Å². The fourth-order valence-corrected chi connectivity index (χ4v) is 3.34. The van der Waals surface area contributed by atoms with Crippen LogP contribution in [0.4, 0.5) is 5.82 Å². The molecule has 1 saturated heterocycles. The SMILES string of the molecule is COc1cccc2c(N[C@H]3CCO[C@@H]3c3ccnn3C)nccc12. The van der Waals surface area contributed by atoms with Crippen LogP contribution in [0, 0.1) is 0 Å². The van der Waals surface area contributed by atoms with Gasteiger partial charge in [-0.3, -0.25) is 4.68 Å². The zero-order valence-corrected chi connectivity index (χ0v) is 13.8. The zero-order valence-electron chi connectivity index (χ0n) is 13.8. The summed E-state index contributed by atoms with van der Waals surface area (Å²) >= 11 is 0. The monoisotopic (exact) mass is 324 g/mol. The number of ether oxygens (including phenoxy) is 2. The molecule has 3 aromatic rings. The van der Waals surface area contributed by atoms with Crippen LogP contribution in [0.1, 0.15) is 18.2 Å². The fourth-order valence-electron chi connectivity index (χ4n) is 3.34. The number of fused-ring (bicyclic) bond motifs is 1. The van der Waals surface area contributed by atoms with Crippen molar-refractivity contribution in [2.45, 2.75) is 18.6 Å². The number of aromatic nitrogens is 3. The Bertz CT molecular complexity index is 861. The van der Waals surface area contributed by atoms with E-state index in [1.807, 2.05) is 42.2 Å². The minimum atomic E-state index is -0.0276. The summed E-state index contributed by atoms with van der Waals surface area (Å²) < 4.78 is 13.3. The Labute approximate surface area is 140 Å². The maximum absolute atomic E-state index is 5.94. The fraction of sp³-hybridized carbons (Fsp3) is 0.333. The van der Waals surface area contributed by atoms with Gasteiger partial charge in [-0.2, -0.15) is 5.10 Å². The maximum atomic E-state index is 5.94. The Morgan fingerprint density at radius 3 is 2.92 bits per heavy atom. The molecule has 2 aromatic heterocycles. The number of hydrogen-bond acceptors (Lipinski definition) is 5. The van der Waals surface area contributed by atoms with E-state index in [9.17, 15) is 0 Å². The molecule has 4 rings (SSSR count). The number of hydrogen-bond donors (Lipinski definition) is 1. The topological polar surface area (TPSA) is 61.2 Å². The minimum Gasteiger partial charge on any atom is -0.496 e. The van der Waals surface area contributed by atoms with Gasteiger partial charge >= 0.3 is 0 Å². The molecule has 1 aliphatic rings. The van der Waals surface area contributed by atoms with Gasteiger partial charge in [-0.05, 0) is 24.6 Å². The van der Waals surface area contributed by atoms with Crippen molar-refractivity contribution >= 4 is 16.6 Å². The first-order valence-corrected chi connectivity index (χ1v) is 8.05. The third-order valence-electron chi connectivity index (χ3n) is 4.55. The molecule has 1 N–H and O–H groups in total. The van der Waals surface area contributed by atoms with E-state index in [1.54, 1.807) is 13.3 Å². The molecule has 0 amide bonds. The number of rotatable bonds is 4. The van der Waals surface area contributed by atoms with Crippen molar-refractivity contribution in [2.24, 2.45) is 7.05 Å². The largest absolute Gasteiger partial charge is 0.496 e. The molecule has 0 saturated carbocycles. The second kappa shape index (κ2) is 6.13. The normalized spacial score (nSPS) is 20.4. The van der Waals surface area contributed by atoms with Crippen molar-refractivity contribution in [3.63, 3.8) is 0 Å². The van der Waals surface area contributed by atoms with E-state index in [2.05, 4.69) is 21.5 Å². The second-order valence-corrected chi connectivity index (χ2v) is 5.93. The van der Waals surface area contributed by atoms with Crippen molar-refractivity contribution in [1.29, 1.82) is 0 Å². The second-order valence-electron chi connectivity index (χ2n) is 5.93. The molecule has 1 aliphatic heterocycles. The van der Waals surface area contributed by atoms with Gasteiger partial charge in [0.15, 0.2) is 0 Å². The van der Waals surface area contributed by atoms with Gasteiger partial charge in [0.1, 0.15) is 17.7 Å². The van der Waals surface area contributed by atoms with E-state index in [0.717, 1.165) is 41.1 Å². The Morgan fingerprint density at radius 2 is 2.12 bits per heavy atom. The summed E-state index contributed by atoms with van der Waals surface area (Å²) in [5.41, 5.74) is 1.07. The number of methoxy groups -OCH3 is 1. The van der Waals surface area contributed by atoms with Crippen LogP contribution in [0.25, 0.3) is 10.8 Å². The molecular weight excluding hydrogens is 304 g/mol. The molecule has 24 heavy (non-hydrogen) atoms. The standard InChI is InChI=1S/C18H20N4O2/c1-22-15(7-10-20-22)17-14(8-11-24-17)21-18-13-4-3-5-16(23-2)12(13)6-9-19-18/h3-7,9-10,14,17H,8,11H2,1-2H3,(H,19,21)/t14-,17-/m0/s1. The lowest BCUT2D eigenvalue weighted by Gasteiger charge is -2.21. The summed E-state index contributed by atoms with van der Waals surface area (Å²) in [5.74, 6) is 1.71. The van der Waals surface area contributed by atoms with Crippen LogP contribution in [-0.4, -0.2) is 34.5 Å². The Kier molecular flexibility index (Phi) is 3.82. The van der Waals surface area contributed by atoms with Gasteiger partial charge in [0.05, 0.1) is 18.8 Å². The quantitative estimate of drug-likeness (QED) is 0.799. The summed E-state index contributed by atoms with van der Waals surface area (Å²) in [4.78, 5) is 4.54. The van der Waals surface area contributed by atoms with Gasteiger partial charge < -0.3 is 14.8 Å². The smallest absolute Gasteiger partial charge is 0.134 e. The van der Waals surface area contributed by atoms with Crippen LogP contribution in [0.3, 0.4) is 0 Å². The molecule has 0 aliphatic carbocycles. The van der Waals surface area contributed by atoms with Gasteiger partial charge in [-0.1, -0.05) is 12.1 Å². The third-order valence-corrected chi connectivity index (χ3v) is 4.55. The molecule has 1 fully saturated rings. The van der Waals surface area contributed by atoms with Gasteiger partial charge in [-0.25, -0.2) is 4.98 Å². The van der Waals surface area contributed by atoms with E-state index < -0.39 is 0 Å². The lowest BCUT2D eigenvalue weighted by Crippen LogP contribution is -2.25. The maximum Gasteiger partial charge on any atom is 0.134 e. The highest BCUT2D eigenvalue weighted by Crippen LogP contribution is 2.34. The van der Waals surface area contributed by atoms with Crippen LogP contribution in [0.5, 0.6) is 5.75 Å². The third kappa shape index (κ3) is 2.49. The number of pyridine rings is 1. The van der Waals surface area contributed by atoms with E-state index in [1.165, 1.54) is 0 Å². The van der Waals surface area contributed by atoms with Crippen LogP contribution in [0.2, 0.25) is 0 Å². The predicted octanol–water partition coefficient (Wildman–Crippen LogP) is 2.92. The number of anilines is 1. The average molecular weight is 324 g/mol. The summed E-state index contributed by atoms with van der Waals surface area (Å²) in [5, 5.41) is 9.92. The lowest BCUT2D eigenvalue weighted by atomic mass is 10.1. The van der Waals surface area contributed by atoms with Gasteiger partial charge in [0.25, 0.3) is 0 Å². The summed E-state index contributed by atoms with van der Waals surface area (Å²) in [6, 6.07) is 10.1. The highest BCUT2D eigenvalue weighted by atomic mass is 16.5. The first-order chi connectivity index (χ1) is 11.8. The van der Waals surface area contributed by atoms with Crippen molar-refractivity contribution < 1.29 is 9.47 Å². The summed E-state index contributed by atoms with van der Waals surface area (Å²) in [7, 11) is 3.63. The summed E-state index contributed by atoms with van der Waals surface area (Å²) in [6.45, 7) is 0.724. The number of aryl methyl sites for hydroxylation is 1. The molecule has 0 radical (unpaired) electrons. The molecular formula is C18H20N4O2. The van der Waals surface area contributed by atoms with Crippen molar-refractivity contribution in [3.05, 3.63) is 48.4 Å². The first-order valence-electron chi connectivity index (χ1n) is 8.05. The minimum absolute atomic E-state index is 0.0276. The molecule has 0 bridgehead atoms. The van der Waals surface area contributed by atoms with E-state index >= 15 is 0 Å². The predicted molar refractivity (Wildman–Crippen MR) is 92.2 cm³/mol. The van der Waals surface area contributed by atoms with Gasteiger partial charge in [-0.15, -0.1) is 0 Å². The Balaban J connectivity index is 1.68. The molecule has 6 nitrogen and oxygen atoms in total. The number of nitrogens with zero attached hydrogens (tertiary/aromatic N) is 3. The first kappa shape index (κ1) is 15.0. The molecule has 0 unspecified atom stereocenters. The molecule has 0 spiro atoms. The van der Waals surface area contributed by atoms with Crippen molar-refractivity contribution in [1.82, 2.24) is 14.8 Å². The van der Waals surface area contributed by atoms with Gasteiger partial charge in [0.2, 0.25) is 0 Å². The number of benzene rings is 1. The highest BCUT2D eigenvalue weighted by Gasteiger charge is 2.32. The van der Waals surface area contributed by atoms with Crippen molar-refractivity contribution in [2.75, 3.05) is 19.0 Å². The van der Waals surface area contributed by atoms with Crippen LogP contribution in [0.15, 0.2) is 42.7 Å². The van der Waals surface area contributed by atoms with Crippen LogP contribution >= 0.6 is 0 Å². The molecule has 1 aromatic carbocycles. The molecule has 3 heterocycles. The summed E-state index contributed by atoms with van der Waals surface area (Å²) in [6.07, 6.45) is 4.51.